The molecule has 2 rings (SSSR count). The predicted octanol–water partition coefficient (Wildman–Crippen LogP) is 2.98. The van der Waals surface area contributed by atoms with Gasteiger partial charge < -0.3 is 20.1 Å². The summed E-state index contributed by atoms with van der Waals surface area (Å²) in [5.74, 6) is -1.08. The molecule has 0 spiro atoms. The summed E-state index contributed by atoms with van der Waals surface area (Å²) in [7, 11) is 1.28. The second-order valence-electron chi connectivity index (χ2n) is 7.05. The van der Waals surface area contributed by atoms with Crippen LogP contribution in [0, 0.1) is 0 Å². The van der Waals surface area contributed by atoms with Gasteiger partial charge in [-0.2, -0.15) is 8.78 Å². The molecule has 1 aromatic heterocycles. The maximum Gasteiger partial charge on any atom is 0.387 e. The molecule has 0 saturated heterocycles. The number of nitrogen functional groups attached to an aromatic ring is 1. The van der Waals surface area contributed by atoms with Crippen LogP contribution in [0.5, 0.6) is 11.5 Å². The molecule has 176 valence electrons. The van der Waals surface area contributed by atoms with E-state index in [0.29, 0.717) is 19.3 Å². The summed E-state index contributed by atoms with van der Waals surface area (Å²) in [5.41, 5.74) is 4.52. The van der Waals surface area contributed by atoms with Gasteiger partial charge in [0.1, 0.15) is 5.82 Å². The molecule has 1 amide bonds. The van der Waals surface area contributed by atoms with Gasteiger partial charge in [-0.15, -0.1) is 0 Å². The molecule has 9 nitrogen and oxygen atoms in total. The van der Waals surface area contributed by atoms with E-state index < -0.39 is 23.8 Å². The van der Waals surface area contributed by atoms with Crippen molar-refractivity contribution in [3.05, 3.63) is 44.6 Å². The minimum atomic E-state index is -3.12. The number of alkyl halides is 2. The highest BCUT2D eigenvalue weighted by molar-refractivity contribution is 6.07. The molecule has 0 fully saturated rings. The van der Waals surface area contributed by atoms with Crippen LogP contribution in [-0.2, 0) is 6.54 Å². The molecule has 32 heavy (non-hydrogen) atoms. The normalized spacial score (nSPS) is 10.9. The Bertz CT molecular complexity index is 1050. The molecule has 0 aliphatic rings. The van der Waals surface area contributed by atoms with E-state index in [4.69, 9.17) is 10.5 Å². The average molecular weight is 454 g/mol. The van der Waals surface area contributed by atoms with Crippen LogP contribution in [0.2, 0.25) is 0 Å². The molecule has 0 aliphatic heterocycles. The summed E-state index contributed by atoms with van der Waals surface area (Å²) >= 11 is 0. The Kier molecular flexibility index (Phi) is 8.80. The van der Waals surface area contributed by atoms with Crippen LogP contribution < -0.4 is 31.4 Å². The zero-order valence-corrected chi connectivity index (χ0v) is 18.3. The smallest absolute Gasteiger partial charge is 0.387 e. The lowest BCUT2D eigenvalue weighted by atomic mass is 10.1. The van der Waals surface area contributed by atoms with E-state index in [9.17, 15) is 23.2 Å². The Hall–Kier alpha value is -3.37. The third kappa shape index (κ3) is 5.65. The van der Waals surface area contributed by atoms with Crippen LogP contribution in [0.3, 0.4) is 0 Å². The van der Waals surface area contributed by atoms with E-state index >= 15 is 0 Å². The minimum Gasteiger partial charge on any atom is -0.493 e. The number of nitrogens with two attached hydrogens (primary N) is 1. The van der Waals surface area contributed by atoms with Gasteiger partial charge in [-0.05, 0) is 31.0 Å². The third-order valence-corrected chi connectivity index (χ3v) is 4.83. The Balaban J connectivity index is 2.59. The zero-order chi connectivity index (χ0) is 23.8. The lowest BCUT2D eigenvalue weighted by Crippen LogP contribution is -2.41. The number of aromatic nitrogens is 2. The van der Waals surface area contributed by atoms with Gasteiger partial charge in [0.05, 0.1) is 7.11 Å². The number of halogens is 2. The Morgan fingerprint density at radius 1 is 1.19 bits per heavy atom. The maximum absolute atomic E-state index is 13.3. The van der Waals surface area contributed by atoms with Crippen LogP contribution in [-0.4, -0.2) is 35.7 Å². The molecule has 2 aromatic rings. The Morgan fingerprint density at radius 3 is 2.47 bits per heavy atom. The van der Waals surface area contributed by atoms with Crippen LogP contribution in [0.4, 0.5) is 20.3 Å². The largest absolute Gasteiger partial charge is 0.493 e. The van der Waals surface area contributed by atoms with Crippen LogP contribution in [0.1, 0.15) is 49.9 Å². The van der Waals surface area contributed by atoms with Gasteiger partial charge in [0.2, 0.25) is 0 Å². The van der Waals surface area contributed by atoms with Crippen molar-refractivity contribution in [3.63, 3.8) is 0 Å². The first-order valence-corrected chi connectivity index (χ1v) is 10.3. The van der Waals surface area contributed by atoms with E-state index in [1.54, 1.807) is 0 Å². The number of rotatable bonds is 11. The monoisotopic (exact) mass is 454 g/mol. The predicted molar refractivity (Wildman–Crippen MR) is 117 cm³/mol. The Morgan fingerprint density at radius 2 is 1.88 bits per heavy atom. The number of carbonyl (C=O) groups excluding carboxylic acids is 1. The van der Waals surface area contributed by atoms with Crippen LogP contribution >= 0.6 is 0 Å². The van der Waals surface area contributed by atoms with E-state index in [1.165, 1.54) is 23.8 Å². The van der Waals surface area contributed by atoms with E-state index in [0.717, 1.165) is 17.4 Å². The SMILES string of the molecule is CCCCN(C(=O)c1ccc(OC)c(OC(F)F)c1)c1c(N)n(CCCC)c(=O)[nH]c1=O. The molecule has 0 atom stereocenters. The van der Waals surface area contributed by atoms with Crippen molar-refractivity contribution in [2.75, 3.05) is 24.3 Å². The van der Waals surface area contributed by atoms with E-state index in [-0.39, 0.29) is 41.7 Å². The van der Waals surface area contributed by atoms with E-state index in [2.05, 4.69) is 9.72 Å². The van der Waals surface area contributed by atoms with Crippen molar-refractivity contribution in [2.45, 2.75) is 52.7 Å². The molecule has 0 unspecified atom stereocenters. The molecule has 3 N–H and O–H groups in total. The van der Waals surface area contributed by atoms with Gasteiger partial charge in [-0.3, -0.25) is 19.1 Å². The molecule has 11 heteroatoms. The van der Waals surface area contributed by atoms with Crippen LogP contribution in [0.15, 0.2) is 27.8 Å². The Labute approximate surface area is 183 Å². The lowest BCUT2D eigenvalue weighted by molar-refractivity contribution is -0.0512. The fourth-order valence-electron chi connectivity index (χ4n) is 3.16. The number of aromatic amines is 1. The van der Waals surface area contributed by atoms with Gasteiger partial charge in [-0.1, -0.05) is 26.7 Å². The molecule has 1 heterocycles. The quantitative estimate of drug-likeness (QED) is 0.539. The van der Waals surface area contributed by atoms with Gasteiger partial charge >= 0.3 is 12.3 Å². The maximum atomic E-state index is 13.3. The number of hydrogen-bond acceptors (Lipinski definition) is 6. The van der Waals surface area contributed by atoms with Gasteiger partial charge in [-0.25, -0.2) is 4.79 Å². The summed E-state index contributed by atoms with van der Waals surface area (Å²) in [6.45, 7) is 1.13. The molecule has 0 radical (unpaired) electrons. The second-order valence-corrected chi connectivity index (χ2v) is 7.05. The molecular weight excluding hydrogens is 426 g/mol. The van der Waals surface area contributed by atoms with Crippen molar-refractivity contribution in [1.82, 2.24) is 9.55 Å². The van der Waals surface area contributed by atoms with Gasteiger partial charge in [0.15, 0.2) is 17.2 Å². The molecule has 0 saturated carbocycles. The van der Waals surface area contributed by atoms with E-state index in [1.807, 2.05) is 13.8 Å². The number of unbranched alkanes of at least 4 members (excludes halogenated alkanes) is 2. The number of carbonyl (C=O) groups is 1. The fourth-order valence-corrected chi connectivity index (χ4v) is 3.16. The third-order valence-electron chi connectivity index (χ3n) is 4.83. The summed E-state index contributed by atoms with van der Waals surface area (Å²) in [6, 6.07) is 3.80. The lowest BCUT2D eigenvalue weighted by Gasteiger charge is -2.25. The topological polar surface area (TPSA) is 120 Å². The first kappa shape index (κ1) is 24.9. The minimum absolute atomic E-state index is 0.0114. The number of nitrogens with one attached hydrogen (secondary N) is 1. The number of ether oxygens (including phenoxy) is 2. The van der Waals surface area contributed by atoms with Crippen molar-refractivity contribution in [2.24, 2.45) is 0 Å². The van der Waals surface area contributed by atoms with Gasteiger partial charge in [0, 0.05) is 18.7 Å². The molecule has 0 aliphatic carbocycles. The molecular formula is C21H28F2N4O5. The zero-order valence-electron chi connectivity index (χ0n) is 18.3. The summed E-state index contributed by atoms with van der Waals surface area (Å²) < 4.78 is 36.2. The highest BCUT2D eigenvalue weighted by Crippen LogP contribution is 2.31. The number of H-pyrrole nitrogens is 1. The number of benzene rings is 1. The first-order chi connectivity index (χ1) is 15.2. The number of nitrogens with zero attached hydrogens (tertiary/aromatic N) is 2. The van der Waals surface area contributed by atoms with Crippen molar-refractivity contribution in [1.29, 1.82) is 0 Å². The number of hydrogen-bond donors (Lipinski definition) is 2. The molecule has 0 bridgehead atoms. The summed E-state index contributed by atoms with van der Waals surface area (Å²) in [4.78, 5) is 41.6. The first-order valence-electron chi connectivity index (χ1n) is 10.3. The van der Waals surface area contributed by atoms with Crippen LogP contribution in [0.25, 0.3) is 0 Å². The number of methoxy groups -OCH3 is 1. The van der Waals surface area contributed by atoms with Gasteiger partial charge in [0.25, 0.3) is 11.5 Å². The standard InChI is InChI=1S/C21H28F2N4O5/c1-4-6-10-26(16-17(24)27(11-7-5-2)21(30)25-18(16)28)19(29)13-8-9-14(31-3)15(12-13)32-20(22)23/h8-9,12,20H,4-7,10-11,24H2,1-3H3,(H,25,28,30). The summed E-state index contributed by atoms with van der Waals surface area (Å²) in [5, 5.41) is 0. The highest BCUT2D eigenvalue weighted by atomic mass is 19.3. The van der Waals surface area contributed by atoms with Crippen molar-refractivity contribution >= 4 is 17.4 Å². The average Bonchev–Trinajstić information content (AvgIpc) is 2.74. The fraction of sp³-hybridized carbons (Fsp3) is 0.476. The number of anilines is 2. The second kappa shape index (κ2) is 11.3. The summed E-state index contributed by atoms with van der Waals surface area (Å²) in [6.07, 6.45) is 2.68. The van der Waals surface area contributed by atoms with Crippen molar-refractivity contribution < 1.29 is 23.0 Å². The number of amides is 1. The highest BCUT2D eigenvalue weighted by Gasteiger charge is 2.26. The molecule has 1 aromatic carbocycles. The van der Waals surface area contributed by atoms with Crippen molar-refractivity contribution in [3.8, 4) is 11.5 Å².